The summed E-state index contributed by atoms with van der Waals surface area (Å²) in [6.45, 7) is 5.89. The Morgan fingerprint density at radius 2 is 2.04 bits per heavy atom. The second-order valence-corrected chi connectivity index (χ2v) is 7.36. The van der Waals surface area contributed by atoms with E-state index in [9.17, 15) is 9.59 Å². The molecule has 0 radical (unpaired) electrons. The van der Waals surface area contributed by atoms with Crippen LogP contribution in [0.3, 0.4) is 0 Å². The van der Waals surface area contributed by atoms with Crippen LogP contribution in [-0.2, 0) is 11.3 Å². The highest BCUT2D eigenvalue weighted by molar-refractivity contribution is 6.14. The van der Waals surface area contributed by atoms with Gasteiger partial charge in [0.05, 0.1) is 17.2 Å². The fourth-order valence-electron chi connectivity index (χ4n) is 3.87. The van der Waals surface area contributed by atoms with Crippen molar-refractivity contribution in [3.63, 3.8) is 0 Å². The van der Waals surface area contributed by atoms with Crippen molar-refractivity contribution in [2.75, 3.05) is 18.5 Å². The number of anilines is 1. The fourth-order valence-corrected chi connectivity index (χ4v) is 3.87. The molecule has 2 aromatic carbocycles. The molecule has 2 aliphatic rings. The van der Waals surface area contributed by atoms with Gasteiger partial charge in [0.15, 0.2) is 0 Å². The van der Waals surface area contributed by atoms with Crippen LogP contribution in [0.25, 0.3) is 0 Å². The van der Waals surface area contributed by atoms with E-state index in [4.69, 9.17) is 4.74 Å². The van der Waals surface area contributed by atoms with E-state index < -0.39 is 0 Å². The molecule has 5 heteroatoms. The van der Waals surface area contributed by atoms with Crippen LogP contribution in [0.2, 0.25) is 0 Å². The first-order chi connectivity index (χ1) is 13.0. The molecule has 2 heterocycles. The van der Waals surface area contributed by atoms with Crippen molar-refractivity contribution < 1.29 is 14.3 Å². The molecule has 4 rings (SSSR count). The first kappa shape index (κ1) is 17.7. The smallest absolute Gasteiger partial charge is 0.256 e. The van der Waals surface area contributed by atoms with E-state index in [1.54, 1.807) is 11.0 Å². The quantitative estimate of drug-likeness (QED) is 0.900. The molecule has 140 valence electrons. The summed E-state index contributed by atoms with van der Waals surface area (Å²) in [5, 5.41) is 2.97. The van der Waals surface area contributed by atoms with Gasteiger partial charge in [-0.1, -0.05) is 24.3 Å². The number of benzene rings is 2. The summed E-state index contributed by atoms with van der Waals surface area (Å²) in [4.78, 5) is 27.7. The fraction of sp³-hybridized carbons (Fsp3) is 0.364. The van der Waals surface area contributed by atoms with E-state index in [2.05, 4.69) is 5.32 Å². The minimum Gasteiger partial charge on any atom is -0.376 e. The number of aryl methyl sites for hydroxylation is 1. The molecule has 0 aromatic heterocycles. The van der Waals surface area contributed by atoms with Crippen LogP contribution in [0.1, 0.15) is 50.2 Å². The molecule has 2 aliphatic heterocycles. The highest BCUT2D eigenvalue weighted by Crippen LogP contribution is 2.28. The van der Waals surface area contributed by atoms with Crippen molar-refractivity contribution in [2.45, 2.75) is 39.3 Å². The molecule has 1 atom stereocenters. The Balaban J connectivity index is 1.57. The van der Waals surface area contributed by atoms with Crippen LogP contribution < -0.4 is 5.32 Å². The number of carbonyl (C=O) groups excluding carboxylic acids is 2. The Morgan fingerprint density at radius 3 is 2.81 bits per heavy atom. The predicted molar refractivity (Wildman–Crippen MR) is 104 cm³/mol. The zero-order chi connectivity index (χ0) is 19.0. The number of amides is 2. The zero-order valence-corrected chi connectivity index (χ0v) is 15.7. The largest absolute Gasteiger partial charge is 0.376 e. The lowest BCUT2D eigenvalue weighted by molar-refractivity contribution is 0.0544. The SMILES string of the molecule is Cc1cccc(NC(=O)c2cccc3c2C(=O)N(C[C@H]2CCCO2)C3)c1C. The van der Waals surface area contributed by atoms with Gasteiger partial charge in [-0.05, 0) is 55.5 Å². The van der Waals surface area contributed by atoms with Crippen molar-refractivity contribution in [3.8, 4) is 0 Å². The summed E-state index contributed by atoms with van der Waals surface area (Å²) >= 11 is 0. The van der Waals surface area contributed by atoms with Gasteiger partial charge in [-0.3, -0.25) is 9.59 Å². The molecule has 0 spiro atoms. The number of nitrogens with one attached hydrogen (secondary N) is 1. The molecule has 0 bridgehead atoms. The average molecular weight is 364 g/mol. The van der Waals surface area contributed by atoms with Crippen molar-refractivity contribution in [3.05, 3.63) is 64.2 Å². The normalized spacial score (nSPS) is 18.7. The van der Waals surface area contributed by atoms with Crippen LogP contribution in [0, 0.1) is 13.8 Å². The zero-order valence-electron chi connectivity index (χ0n) is 15.7. The van der Waals surface area contributed by atoms with E-state index in [0.717, 1.165) is 41.8 Å². The van der Waals surface area contributed by atoms with Crippen molar-refractivity contribution in [1.82, 2.24) is 4.90 Å². The van der Waals surface area contributed by atoms with E-state index in [1.165, 1.54) is 0 Å². The second-order valence-electron chi connectivity index (χ2n) is 7.36. The number of rotatable bonds is 4. The third-order valence-corrected chi connectivity index (χ3v) is 5.56. The van der Waals surface area contributed by atoms with E-state index in [-0.39, 0.29) is 17.9 Å². The first-order valence-corrected chi connectivity index (χ1v) is 9.45. The molecule has 0 unspecified atom stereocenters. The van der Waals surface area contributed by atoms with Crippen LogP contribution in [-0.4, -0.2) is 36.0 Å². The monoisotopic (exact) mass is 364 g/mol. The van der Waals surface area contributed by atoms with Crippen LogP contribution in [0.4, 0.5) is 5.69 Å². The summed E-state index contributed by atoms with van der Waals surface area (Å²) < 4.78 is 5.67. The molecule has 0 aliphatic carbocycles. The Hall–Kier alpha value is -2.66. The maximum Gasteiger partial charge on any atom is 0.256 e. The van der Waals surface area contributed by atoms with Crippen LogP contribution in [0.15, 0.2) is 36.4 Å². The number of fused-ring (bicyclic) bond motifs is 1. The topological polar surface area (TPSA) is 58.6 Å². The van der Waals surface area contributed by atoms with Crippen LogP contribution in [0.5, 0.6) is 0 Å². The Bertz CT molecular complexity index is 900. The summed E-state index contributed by atoms with van der Waals surface area (Å²) in [6, 6.07) is 11.3. The highest BCUT2D eigenvalue weighted by Gasteiger charge is 2.33. The minimum atomic E-state index is -0.243. The van der Waals surface area contributed by atoms with Gasteiger partial charge in [0.2, 0.25) is 0 Å². The Labute approximate surface area is 159 Å². The number of ether oxygens (including phenoxy) is 1. The lowest BCUT2D eigenvalue weighted by Gasteiger charge is -2.19. The van der Waals surface area contributed by atoms with Crippen LogP contribution >= 0.6 is 0 Å². The Kier molecular flexibility index (Phi) is 4.70. The lowest BCUT2D eigenvalue weighted by Crippen LogP contribution is -2.32. The molecule has 1 fully saturated rings. The standard InChI is InChI=1S/C22H24N2O3/c1-14-6-3-10-19(15(14)2)23-21(25)18-9-4-7-16-12-24(22(26)20(16)18)13-17-8-5-11-27-17/h3-4,6-7,9-10,17H,5,8,11-13H2,1-2H3,(H,23,25)/t17-/m1/s1. The maximum atomic E-state index is 13.0. The van der Waals surface area contributed by atoms with Crippen molar-refractivity contribution >= 4 is 17.5 Å². The first-order valence-electron chi connectivity index (χ1n) is 9.45. The van der Waals surface area contributed by atoms with Gasteiger partial charge in [-0.15, -0.1) is 0 Å². The molecule has 1 saturated heterocycles. The van der Waals surface area contributed by atoms with Gasteiger partial charge >= 0.3 is 0 Å². The average Bonchev–Trinajstić information content (AvgIpc) is 3.28. The van der Waals surface area contributed by atoms with E-state index in [0.29, 0.717) is 24.2 Å². The second kappa shape index (κ2) is 7.16. The van der Waals surface area contributed by atoms with Crippen molar-refractivity contribution in [1.29, 1.82) is 0 Å². The minimum absolute atomic E-state index is 0.0767. The number of carbonyl (C=O) groups is 2. The lowest BCUT2D eigenvalue weighted by atomic mass is 10.0. The Morgan fingerprint density at radius 1 is 1.22 bits per heavy atom. The highest BCUT2D eigenvalue weighted by atomic mass is 16.5. The van der Waals surface area contributed by atoms with Crippen molar-refractivity contribution in [2.24, 2.45) is 0 Å². The van der Waals surface area contributed by atoms with Gasteiger partial charge in [0.1, 0.15) is 0 Å². The molecule has 2 amide bonds. The van der Waals surface area contributed by atoms with Gasteiger partial charge < -0.3 is 15.0 Å². The molecule has 27 heavy (non-hydrogen) atoms. The van der Waals surface area contributed by atoms with Gasteiger partial charge in [-0.25, -0.2) is 0 Å². The molecule has 0 saturated carbocycles. The molecular weight excluding hydrogens is 340 g/mol. The summed E-state index contributed by atoms with van der Waals surface area (Å²) in [6.07, 6.45) is 2.14. The molecular formula is C22H24N2O3. The number of hydrogen-bond acceptors (Lipinski definition) is 3. The van der Waals surface area contributed by atoms with E-state index >= 15 is 0 Å². The molecule has 5 nitrogen and oxygen atoms in total. The van der Waals surface area contributed by atoms with Gasteiger partial charge in [0, 0.05) is 25.4 Å². The summed E-state index contributed by atoms with van der Waals surface area (Å²) in [5.74, 6) is -0.319. The van der Waals surface area contributed by atoms with Gasteiger partial charge in [-0.2, -0.15) is 0 Å². The number of hydrogen-bond donors (Lipinski definition) is 1. The third-order valence-electron chi connectivity index (χ3n) is 5.56. The molecule has 1 N–H and O–H groups in total. The van der Waals surface area contributed by atoms with E-state index in [1.807, 2.05) is 44.2 Å². The number of nitrogens with zero attached hydrogens (tertiary/aromatic N) is 1. The third kappa shape index (κ3) is 3.35. The summed E-state index contributed by atoms with van der Waals surface area (Å²) in [5.41, 5.74) is 4.80. The molecule has 2 aromatic rings. The van der Waals surface area contributed by atoms with Gasteiger partial charge in [0.25, 0.3) is 11.8 Å². The maximum absolute atomic E-state index is 13.0. The predicted octanol–water partition coefficient (Wildman–Crippen LogP) is 3.69. The summed E-state index contributed by atoms with van der Waals surface area (Å²) in [7, 11) is 0.